The van der Waals surface area contributed by atoms with E-state index in [0.29, 0.717) is 23.1 Å². The molecule has 0 aliphatic carbocycles. The summed E-state index contributed by atoms with van der Waals surface area (Å²) in [5.74, 6) is 1.24. The molecule has 146 valence electrons. The summed E-state index contributed by atoms with van der Waals surface area (Å²) >= 11 is 1.50. The van der Waals surface area contributed by atoms with Crippen molar-refractivity contribution < 1.29 is 9.34 Å². The van der Waals surface area contributed by atoms with Gasteiger partial charge in [0.15, 0.2) is 5.16 Å². The maximum absolute atomic E-state index is 10.8. The maximum Gasteiger partial charge on any atom is 0.269 e. The van der Waals surface area contributed by atoms with Crippen molar-refractivity contribution in [1.29, 1.82) is 0 Å². The molecule has 0 N–H and O–H groups in total. The molecular weight excluding hydrogens is 390 g/mol. The van der Waals surface area contributed by atoms with E-state index < -0.39 is 4.92 Å². The molecule has 8 nitrogen and oxygen atoms in total. The highest BCUT2D eigenvalue weighted by atomic mass is 32.2. The van der Waals surface area contributed by atoms with Crippen molar-refractivity contribution in [2.24, 2.45) is 0 Å². The molecule has 4 rings (SSSR count). The Bertz CT molecular complexity index is 1170. The van der Waals surface area contributed by atoms with Crippen LogP contribution < -0.4 is 0 Å². The summed E-state index contributed by atoms with van der Waals surface area (Å²) in [7, 11) is 0. The van der Waals surface area contributed by atoms with E-state index in [1.807, 2.05) is 16.8 Å². The Labute approximate surface area is 170 Å². The highest BCUT2D eigenvalue weighted by Gasteiger charge is 2.14. The van der Waals surface area contributed by atoms with Crippen LogP contribution in [0.2, 0.25) is 0 Å². The van der Waals surface area contributed by atoms with E-state index in [-0.39, 0.29) is 5.69 Å². The SMILES string of the molecule is Cc1cccc(-n2ccnc2SCc2nnc(-c3ccc([N+](=O)[O-])cc3)o2)c1C. The van der Waals surface area contributed by atoms with E-state index >= 15 is 0 Å². The van der Waals surface area contributed by atoms with E-state index in [2.05, 4.69) is 41.2 Å². The van der Waals surface area contributed by atoms with Gasteiger partial charge >= 0.3 is 0 Å². The average Bonchev–Trinajstić information content (AvgIpc) is 3.38. The molecule has 0 unspecified atom stereocenters. The maximum atomic E-state index is 10.8. The molecule has 0 saturated carbocycles. The van der Waals surface area contributed by atoms with Crippen LogP contribution in [0.4, 0.5) is 5.69 Å². The van der Waals surface area contributed by atoms with Crippen molar-refractivity contribution in [1.82, 2.24) is 19.7 Å². The van der Waals surface area contributed by atoms with Gasteiger partial charge in [-0.1, -0.05) is 23.9 Å². The largest absolute Gasteiger partial charge is 0.420 e. The number of aryl methyl sites for hydroxylation is 1. The van der Waals surface area contributed by atoms with Crippen LogP contribution in [0, 0.1) is 24.0 Å². The van der Waals surface area contributed by atoms with Crippen molar-refractivity contribution in [3.63, 3.8) is 0 Å². The lowest BCUT2D eigenvalue weighted by Crippen LogP contribution is -1.99. The van der Waals surface area contributed by atoms with Crippen LogP contribution in [-0.2, 0) is 5.75 Å². The number of rotatable bonds is 6. The fourth-order valence-corrected chi connectivity index (χ4v) is 3.66. The number of imidazole rings is 1. The number of hydrogen-bond donors (Lipinski definition) is 0. The molecule has 0 amide bonds. The Morgan fingerprint density at radius 1 is 1.14 bits per heavy atom. The minimum Gasteiger partial charge on any atom is -0.420 e. The molecule has 0 saturated heterocycles. The van der Waals surface area contributed by atoms with Gasteiger partial charge in [-0.05, 0) is 43.2 Å². The molecule has 4 aromatic rings. The zero-order valence-electron chi connectivity index (χ0n) is 15.8. The molecule has 0 bridgehead atoms. The van der Waals surface area contributed by atoms with E-state index in [1.165, 1.54) is 35.0 Å². The van der Waals surface area contributed by atoms with Crippen LogP contribution in [0.15, 0.2) is 64.4 Å². The minimum atomic E-state index is -0.447. The van der Waals surface area contributed by atoms with E-state index in [1.54, 1.807) is 18.3 Å². The van der Waals surface area contributed by atoms with Crippen LogP contribution in [-0.4, -0.2) is 24.7 Å². The van der Waals surface area contributed by atoms with Gasteiger partial charge in [0.2, 0.25) is 11.8 Å². The first-order chi connectivity index (χ1) is 14.0. The topological polar surface area (TPSA) is 99.9 Å². The van der Waals surface area contributed by atoms with Gasteiger partial charge in [-0.2, -0.15) is 0 Å². The third-order valence-corrected chi connectivity index (χ3v) is 5.51. The number of nitrogens with zero attached hydrogens (tertiary/aromatic N) is 5. The number of hydrogen-bond acceptors (Lipinski definition) is 7. The smallest absolute Gasteiger partial charge is 0.269 e. The Kier molecular flexibility index (Phi) is 5.13. The van der Waals surface area contributed by atoms with E-state index in [0.717, 1.165) is 10.8 Å². The summed E-state index contributed by atoms with van der Waals surface area (Å²) in [6.45, 7) is 4.17. The summed E-state index contributed by atoms with van der Waals surface area (Å²) < 4.78 is 7.75. The number of non-ortho nitro benzene ring substituents is 1. The van der Waals surface area contributed by atoms with E-state index in [4.69, 9.17) is 4.42 Å². The minimum absolute atomic E-state index is 0.0160. The first-order valence-corrected chi connectivity index (χ1v) is 9.81. The highest BCUT2D eigenvalue weighted by molar-refractivity contribution is 7.98. The zero-order chi connectivity index (χ0) is 20.4. The normalized spacial score (nSPS) is 11.0. The molecule has 0 fully saturated rings. The molecular formula is C20H17N5O3S. The lowest BCUT2D eigenvalue weighted by molar-refractivity contribution is -0.384. The number of nitro groups is 1. The summed E-state index contributed by atoms with van der Waals surface area (Å²) in [6, 6.07) is 12.2. The predicted molar refractivity (Wildman–Crippen MR) is 109 cm³/mol. The average molecular weight is 407 g/mol. The molecule has 0 radical (unpaired) electrons. The number of benzene rings is 2. The number of aromatic nitrogens is 4. The summed E-state index contributed by atoms with van der Waals surface area (Å²) in [5.41, 5.74) is 4.16. The molecule has 0 aliphatic heterocycles. The first kappa shape index (κ1) is 18.9. The standard InChI is InChI=1S/C20H17N5O3S/c1-13-4-3-5-17(14(13)2)24-11-10-21-20(24)29-12-18-22-23-19(28-18)15-6-8-16(9-7-15)25(26)27/h3-11H,12H2,1-2H3. The van der Waals surface area contributed by atoms with Crippen LogP contribution in [0.25, 0.3) is 17.1 Å². The molecule has 29 heavy (non-hydrogen) atoms. The van der Waals surface area contributed by atoms with Crippen LogP contribution >= 0.6 is 11.8 Å². The van der Waals surface area contributed by atoms with Crippen molar-refractivity contribution in [2.45, 2.75) is 24.8 Å². The van der Waals surface area contributed by atoms with Crippen molar-refractivity contribution in [3.8, 4) is 17.1 Å². The second-order valence-electron chi connectivity index (χ2n) is 6.39. The quantitative estimate of drug-likeness (QED) is 0.258. The Morgan fingerprint density at radius 3 is 2.69 bits per heavy atom. The van der Waals surface area contributed by atoms with Gasteiger partial charge < -0.3 is 4.42 Å². The van der Waals surface area contributed by atoms with Gasteiger partial charge in [0.05, 0.1) is 16.4 Å². The highest BCUT2D eigenvalue weighted by Crippen LogP contribution is 2.28. The van der Waals surface area contributed by atoms with Gasteiger partial charge in [0.1, 0.15) is 0 Å². The molecule has 2 aromatic heterocycles. The number of thioether (sulfide) groups is 1. The fourth-order valence-electron chi connectivity index (χ4n) is 2.86. The lowest BCUT2D eigenvalue weighted by atomic mass is 10.1. The third kappa shape index (κ3) is 3.90. The van der Waals surface area contributed by atoms with Crippen molar-refractivity contribution >= 4 is 17.4 Å². The lowest BCUT2D eigenvalue weighted by Gasteiger charge is -2.11. The Hall–Kier alpha value is -3.46. The van der Waals surface area contributed by atoms with Crippen LogP contribution in [0.5, 0.6) is 0 Å². The molecule has 0 aliphatic rings. The Morgan fingerprint density at radius 2 is 1.93 bits per heavy atom. The van der Waals surface area contributed by atoms with Crippen LogP contribution in [0.1, 0.15) is 17.0 Å². The van der Waals surface area contributed by atoms with Gasteiger partial charge in [-0.3, -0.25) is 14.7 Å². The predicted octanol–water partition coefficient (Wildman–Crippen LogP) is 4.74. The molecule has 9 heteroatoms. The van der Waals surface area contributed by atoms with Crippen LogP contribution in [0.3, 0.4) is 0 Å². The molecule has 0 atom stereocenters. The summed E-state index contributed by atoms with van der Waals surface area (Å²) in [4.78, 5) is 14.8. The molecule has 2 heterocycles. The monoisotopic (exact) mass is 407 g/mol. The van der Waals surface area contributed by atoms with Crippen molar-refractivity contribution in [2.75, 3.05) is 0 Å². The molecule has 0 spiro atoms. The van der Waals surface area contributed by atoms with Gasteiger partial charge in [0.25, 0.3) is 5.69 Å². The van der Waals surface area contributed by atoms with Gasteiger partial charge in [0, 0.05) is 30.1 Å². The zero-order valence-corrected chi connectivity index (χ0v) is 16.6. The fraction of sp³-hybridized carbons (Fsp3) is 0.150. The number of nitro benzene ring substituents is 1. The summed E-state index contributed by atoms with van der Waals surface area (Å²) in [5, 5.41) is 19.7. The third-order valence-electron chi connectivity index (χ3n) is 4.56. The summed E-state index contributed by atoms with van der Waals surface area (Å²) in [6.07, 6.45) is 3.69. The first-order valence-electron chi connectivity index (χ1n) is 8.83. The van der Waals surface area contributed by atoms with Gasteiger partial charge in [-0.15, -0.1) is 10.2 Å². The van der Waals surface area contributed by atoms with Crippen molar-refractivity contribution in [3.05, 3.63) is 82.0 Å². The second-order valence-corrected chi connectivity index (χ2v) is 7.33. The van der Waals surface area contributed by atoms with E-state index in [9.17, 15) is 10.1 Å². The Balaban J connectivity index is 1.49. The van der Waals surface area contributed by atoms with Gasteiger partial charge in [-0.25, -0.2) is 4.98 Å². The second kappa shape index (κ2) is 7.88. The molecule has 2 aromatic carbocycles.